The Kier molecular flexibility index (Phi) is 4.04. The lowest BCUT2D eigenvalue weighted by Gasteiger charge is -2.37. The van der Waals surface area contributed by atoms with Gasteiger partial charge in [-0.15, -0.1) is 0 Å². The van der Waals surface area contributed by atoms with Crippen LogP contribution in [-0.2, 0) is 9.59 Å². The molecule has 100 valence electrons. The summed E-state index contributed by atoms with van der Waals surface area (Å²) in [6, 6.07) is 0. The molecular weight excluding hydrogens is 230 g/mol. The van der Waals surface area contributed by atoms with E-state index in [2.05, 4.69) is 12.2 Å². The van der Waals surface area contributed by atoms with Gasteiger partial charge in [0.25, 0.3) is 0 Å². The number of carboxylic acids is 1. The lowest BCUT2D eigenvalue weighted by atomic mass is 9.85. The molecule has 3 atom stereocenters. The lowest BCUT2D eigenvalue weighted by molar-refractivity contribution is -0.149. The number of carbonyl (C=O) groups is 2. The fraction of sp³-hybridized carbons (Fsp3) is 0.714. The minimum absolute atomic E-state index is 0.0549. The SMILES string of the molecule is C[C@@H]1CN(C(=O)C2CC=CCC2)CC[C@@H]1C(=O)O. The van der Waals surface area contributed by atoms with Crippen molar-refractivity contribution in [3.8, 4) is 0 Å². The maximum absolute atomic E-state index is 12.3. The first-order valence-corrected chi connectivity index (χ1v) is 6.76. The summed E-state index contributed by atoms with van der Waals surface area (Å²) in [7, 11) is 0. The number of aliphatic carboxylic acids is 1. The van der Waals surface area contributed by atoms with Crippen LogP contribution in [-0.4, -0.2) is 35.0 Å². The largest absolute Gasteiger partial charge is 0.481 e. The van der Waals surface area contributed by atoms with E-state index >= 15 is 0 Å². The molecule has 0 bridgehead atoms. The second-order valence-electron chi connectivity index (χ2n) is 5.48. The summed E-state index contributed by atoms with van der Waals surface area (Å²) in [5.74, 6) is -0.631. The standard InChI is InChI=1S/C14H21NO3/c1-10-9-15(8-7-12(10)14(17)18)13(16)11-5-3-2-4-6-11/h2-3,10-12H,4-9H2,1H3,(H,17,18)/t10-,11?,12+/m1/s1. The van der Waals surface area contributed by atoms with Crippen molar-refractivity contribution in [2.75, 3.05) is 13.1 Å². The average Bonchev–Trinajstić information content (AvgIpc) is 2.38. The number of carbonyl (C=O) groups excluding carboxylic acids is 1. The fourth-order valence-electron chi connectivity index (χ4n) is 2.99. The molecule has 2 rings (SSSR count). The number of carboxylic acid groups (broad SMARTS) is 1. The highest BCUT2D eigenvalue weighted by Gasteiger charge is 2.34. The second-order valence-corrected chi connectivity index (χ2v) is 5.48. The van der Waals surface area contributed by atoms with E-state index in [1.165, 1.54) is 0 Å². The summed E-state index contributed by atoms with van der Waals surface area (Å²) < 4.78 is 0. The third-order valence-electron chi connectivity index (χ3n) is 4.15. The maximum atomic E-state index is 12.3. The smallest absolute Gasteiger partial charge is 0.306 e. The van der Waals surface area contributed by atoms with Crippen molar-refractivity contribution in [3.63, 3.8) is 0 Å². The van der Waals surface area contributed by atoms with Crippen LogP contribution in [0.3, 0.4) is 0 Å². The first-order chi connectivity index (χ1) is 8.59. The highest BCUT2D eigenvalue weighted by atomic mass is 16.4. The van der Waals surface area contributed by atoms with Crippen molar-refractivity contribution in [2.24, 2.45) is 17.8 Å². The number of rotatable bonds is 2. The van der Waals surface area contributed by atoms with E-state index in [1.807, 2.05) is 11.8 Å². The molecule has 0 aromatic carbocycles. The second kappa shape index (κ2) is 5.55. The third-order valence-corrected chi connectivity index (χ3v) is 4.15. The summed E-state index contributed by atoms with van der Waals surface area (Å²) in [6.07, 6.45) is 7.56. The molecule has 1 fully saturated rings. The van der Waals surface area contributed by atoms with E-state index < -0.39 is 5.97 Å². The van der Waals surface area contributed by atoms with Crippen LogP contribution >= 0.6 is 0 Å². The van der Waals surface area contributed by atoms with Gasteiger partial charge < -0.3 is 10.0 Å². The van der Waals surface area contributed by atoms with Crippen molar-refractivity contribution in [2.45, 2.75) is 32.6 Å². The Hall–Kier alpha value is -1.32. The zero-order chi connectivity index (χ0) is 13.1. The molecule has 1 unspecified atom stereocenters. The summed E-state index contributed by atoms with van der Waals surface area (Å²) in [5.41, 5.74) is 0. The van der Waals surface area contributed by atoms with Gasteiger partial charge in [-0.3, -0.25) is 9.59 Å². The number of hydrogen-bond donors (Lipinski definition) is 1. The minimum atomic E-state index is -0.727. The van der Waals surface area contributed by atoms with Crippen molar-refractivity contribution in [1.82, 2.24) is 4.90 Å². The molecule has 1 heterocycles. The number of piperidine rings is 1. The summed E-state index contributed by atoms with van der Waals surface area (Å²) in [5, 5.41) is 9.07. The van der Waals surface area contributed by atoms with Crippen LogP contribution in [0.4, 0.5) is 0 Å². The van der Waals surface area contributed by atoms with E-state index in [-0.39, 0.29) is 23.7 Å². The number of nitrogens with zero attached hydrogens (tertiary/aromatic N) is 1. The normalized spacial score (nSPS) is 32.3. The van der Waals surface area contributed by atoms with Crippen molar-refractivity contribution >= 4 is 11.9 Å². The van der Waals surface area contributed by atoms with Crippen LogP contribution in [0.1, 0.15) is 32.6 Å². The molecule has 0 aromatic heterocycles. The first kappa shape index (κ1) is 13.1. The van der Waals surface area contributed by atoms with Crippen molar-refractivity contribution in [1.29, 1.82) is 0 Å². The Morgan fingerprint density at radius 1 is 1.28 bits per heavy atom. The minimum Gasteiger partial charge on any atom is -0.481 e. The molecule has 1 aliphatic heterocycles. The third kappa shape index (κ3) is 2.74. The number of amides is 1. The monoisotopic (exact) mass is 251 g/mol. The molecule has 0 spiro atoms. The molecule has 0 radical (unpaired) electrons. The Morgan fingerprint density at radius 2 is 2.06 bits per heavy atom. The van der Waals surface area contributed by atoms with Gasteiger partial charge in [0.1, 0.15) is 0 Å². The van der Waals surface area contributed by atoms with E-state index in [0.29, 0.717) is 19.5 Å². The van der Waals surface area contributed by atoms with Crippen molar-refractivity contribution in [3.05, 3.63) is 12.2 Å². The summed E-state index contributed by atoms with van der Waals surface area (Å²) in [6.45, 7) is 3.12. The van der Waals surface area contributed by atoms with Crippen LogP contribution in [0.25, 0.3) is 0 Å². The van der Waals surface area contributed by atoms with Crippen LogP contribution in [0.15, 0.2) is 12.2 Å². The van der Waals surface area contributed by atoms with Crippen LogP contribution < -0.4 is 0 Å². The topological polar surface area (TPSA) is 57.6 Å². The molecule has 0 saturated carbocycles. The van der Waals surface area contributed by atoms with E-state index in [4.69, 9.17) is 5.11 Å². The molecule has 1 saturated heterocycles. The zero-order valence-corrected chi connectivity index (χ0v) is 10.8. The lowest BCUT2D eigenvalue weighted by Crippen LogP contribution is -2.47. The highest BCUT2D eigenvalue weighted by Crippen LogP contribution is 2.27. The van der Waals surface area contributed by atoms with Crippen LogP contribution in [0.2, 0.25) is 0 Å². The Balaban J connectivity index is 1.93. The number of hydrogen-bond acceptors (Lipinski definition) is 2. The maximum Gasteiger partial charge on any atom is 0.306 e. The van der Waals surface area contributed by atoms with E-state index in [0.717, 1.165) is 19.3 Å². The average molecular weight is 251 g/mol. The molecule has 1 aliphatic carbocycles. The zero-order valence-electron chi connectivity index (χ0n) is 10.8. The molecule has 1 amide bonds. The van der Waals surface area contributed by atoms with Crippen LogP contribution in [0.5, 0.6) is 0 Å². The molecule has 0 aromatic rings. The Morgan fingerprint density at radius 3 is 2.61 bits per heavy atom. The molecule has 2 aliphatic rings. The van der Waals surface area contributed by atoms with Gasteiger partial charge in [0.2, 0.25) is 5.91 Å². The van der Waals surface area contributed by atoms with E-state index in [1.54, 1.807) is 0 Å². The fourth-order valence-corrected chi connectivity index (χ4v) is 2.99. The first-order valence-electron chi connectivity index (χ1n) is 6.76. The predicted octanol–water partition coefficient (Wildman–Crippen LogP) is 1.91. The van der Waals surface area contributed by atoms with Gasteiger partial charge in [-0.1, -0.05) is 19.1 Å². The van der Waals surface area contributed by atoms with Gasteiger partial charge in [0.15, 0.2) is 0 Å². The van der Waals surface area contributed by atoms with E-state index in [9.17, 15) is 9.59 Å². The molecule has 4 nitrogen and oxygen atoms in total. The Bertz CT molecular complexity index is 364. The quantitative estimate of drug-likeness (QED) is 0.763. The van der Waals surface area contributed by atoms with Gasteiger partial charge in [0, 0.05) is 19.0 Å². The van der Waals surface area contributed by atoms with Crippen molar-refractivity contribution < 1.29 is 14.7 Å². The molecular formula is C14H21NO3. The number of likely N-dealkylation sites (tertiary alicyclic amines) is 1. The van der Waals surface area contributed by atoms with Crippen LogP contribution in [0, 0.1) is 17.8 Å². The molecule has 4 heteroatoms. The van der Waals surface area contributed by atoms with Gasteiger partial charge in [-0.25, -0.2) is 0 Å². The van der Waals surface area contributed by atoms with Gasteiger partial charge in [-0.2, -0.15) is 0 Å². The molecule has 18 heavy (non-hydrogen) atoms. The highest BCUT2D eigenvalue weighted by molar-refractivity contribution is 5.80. The van der Waals surface area contributed by atoms with Gasteiger partial charge >= 0.3 is 5.97 Å². The van der Waals surface area contributed by atoms with Gasteiger partial charge in [0.05, 0.1) is 5.92 Å². The number of allylic oxidation sites excluding steroid dienone is 2. The summed E-state index contributed by atoms with van der Waals surface area (Å²) >= 11 is 0. The van der Waals surface area contributed by atoms with Gasteiger partial charge in [-0.05, 0) is 31.6 Å². The summed E-state index contributed by atoms with van der Waals surface area (Å²) in [4.78, 5) is 25.2. The predicted molar refractivity (Wildman–Crippen MR) is 68.0 cm³/mol. The Labute approximate surface area is 108 Å². The molecule has 1 N–H and O–H groups in total.